The number of Topliss-reactive ketones (excluding diaryl/α,β-unsaturated/α-hetero) is 1. The lowest BCUT2D eigenvalue weighted by molar-refractivity contribution is -0.309. The lowest BCUT2D eigenvalue weighted by Crippen LogP contribution is -2.59. The highest BCUT2D eigenvalue weighted by molar-refractivity contribution is 6.78. The van der Waals surface area contributed by atoms with Gasteiger partial charge in [-0.1, -0.05) is 121 Å². The molecule has 11 heteroatoms. The first kappa shape index (κ1) is 48.3. The molecule has 5 atom stereocenters. The SMILES string of the molecule is C=CCOC(=O)C[C@@H](C[C@H](C[C@@H]1O[C@@]2(CC(=O)C1(C)C)C/C(=C/C(=O)OC)C[C@H](C=C)O2)O[Si](C(C)C)(C(C)C)C(C)C)O[Si](C(C)C)(C(C)C)C(C)C. The third-order valence-electron chi connectivity index (χ3n) is 12.3. The molecule has 54 heavy (non-hydrogen) atoms. The summed E-state index contributed by atoms with van der Waals surface area (Å²) in [4.78, 5) is 40.0. The zero-order valence-corrected chi connectivity index (χ0v) is 38.5. The van der Waals surface area contributed by atoms with E-state index in [-0.39, 0.29) is 37.6 Å². The Balaban J connectivity index is 2.78. The molecule has 9 nitrogen and oxygen atoms in total. The summed E-state index contributed by atoms with van der Waals surface area (Å²) < 4.78 is 39.2. The molecule has 2 aliphatic rings. The lowest BCUT2D eigenvalue weighted by atomic mass is 9.73. The normalized spacial score (nSPS) is 24.2. The molecule has 0 unspecified atom stereocenters. The van der Waals surface area contributed by atoms with Gasteiger partial charge in [-0.3, -0.25) is 9.59 Å². The molecular weight excluding hydrogens is 717 g/mol. The van der Waals surface area contributed by atoms with E-state index in [4.69, 9.17) is 27.8 Å². The summed E-state index contributed by atoms with van der Waals surface area (Å²) in [5.41, 5.74) is 1.69. The summed E-state index contributed by atoms with van der Waals surface area (Å²) in [5, 5.41) is 0. The predicted octanol–water partition coefficient (Wildman–Crippen LogP) is 10.6. The van der Waals surface area contributed by atoms with Crippen LogP contribution in [-0.4, -0.2) is 78.3 Å². The zero-order chi connectivity index (χ0) is 41.4. The van der Waals surface area contributed by atoms with Crippen LogP contribution in [0.3, 0.4) is 0 Å². The van der Waals surface area contributed by atoms with Crippen molar-refractivity contribution in [1.82, 2.24) is 0 Å². The molecule has 0 aromatic carbocycles. The summed E-state index contributed by atoms with van der Waals surface area (Å²) in [6.07, 6.45) is 4.48. The summed E-state index contributed by atoms with van der Waals surface area (Å²) >= 11 is 0. The number of carbonyl (C=O) groups is 3. The van der Waals surface area contributed by atoms with Crippen molar-refractivity contribution in [2.45, 2.75) is 199 Å². The van der Waals surface area contributed by atoms with E-state index in [0.29, 0.717) is 52.5 Å². The Morgan fingerprint density at radius 1 is 0.815 bits per heavy atom. The number of rotatable bonds is 20. The Labute approximate surface area is 330 Å². The molecule has 0 aromatic heterocycles. The van der Waals surface area contributed by atoms with Gasteiger partial charge in [0.1, 0.15) is 12.4 Å². The van der Waals surface area contributed by atoms with Crippen molar-refractivity contribution < 1.29 is 42.2 Å². The second kappa shape index (κ2) is 20.0. The number of carbonyl (C=O) groups excluding carboxylic acids is 3. The molecule has 2 aliphatic heterocycles. The second-order valence-electron chi connectivity index (χ2n) is 18.2. The number of hydrogen-bond acceptors (Lipinski definition) is 9. The van der Waals surface area contributed by atoms with Crippen LogP contribution in [0.5, 0.6) is 0 Å². The van der Waals surface area contributed by atoms with E-state index in [1.54, 1.807) is 12.2 Å². The van der Waals surface area contributed by atoms with Gasteiger partial charge in [-0.25, -0.2) is 4.79 Å². The number of methoxy groups -OCH3 is 1. The molecule has 0 radical (unpaired) electrons. The fourth-order valence-corrected chi connectivity index (χ4v) is 21.0. The highest BCUT2D eigenvalue weighted by Crippen LogP contribution is 2.50. The van der Waals surface area contributed by atoms with Gasteiger partial charge in [-0.2, -0.15) is 0 Å². The Hall–Kier alpha value is -1.90. The summed E-state index contributed by atoms with van der Waals surface area (Å²) in [7, 11) is -3.63. The van der Waals surface area contributed by atoms with Crippen LogP contribution in [0.2, 0.25) is 33.2 Å². The van der Waals surface area contributed by atoms with Crippen LogP contribution in [0.1, 0.15) is 135 Å². The minimum absolute atomic E-state index is 0.0198. The smallest absolute Gasteiger partial charge is 0.330 e. The molecule has 2 fully saturated rings. The van der Waals surface area contributed by atoms with E-state index in [2.05, 4.69) is 96.2 Å². The van der Waals surface area contributed by atoms with E-state index < -0.39 is 58.2 Å². The quantitative estimate of drug-likeness (QED) is 0.0515. The minimum atomic E-state index is -2.51. The third kappa shape index (κ3) is 11.1. The largest absolute Gasteiger partial charge is 0.466 e. The van der Waals surface area contributed by atoms with Crippen LogP contribution < -0.4 is 0 Å². The topological polar surface area (TPSA) is 107 Å². The first-order valence-corrected chi connectivity index (χ1v) is 24.7. The summed E-state index contributed by atoms with van der Waals surface area (Å²) in [5.74, 6) is -2.05. The third-order valence-corrected chi connectivity index (χ3v) is 24.6. The first-order chi connectivity index (χ1) is 25.0. The molecule has 2 heterocycles. The molecule has 2 rings (SSSR count). The van der Waals surface area contributed by atoms with Gasteiger partial charge >= 0.3 is 11.9 Å². The number of ether oxygens (including phenoxy) is 4. The average molecular weight is 793 g/mol. The van der Waals surface area contributed by atoms with Gasteiger partial charge in [0.25, 0.3) is 0 Å². The van der Waals surface area contributed by atoms with Crippen LogP contribution in [0.25, 0.3) is 0 Å². The number of esters is 2. The first-order valence-electron chi connectivity index (χ1n) is 20.4. The molecule has 310 valence electrons. The zero-order valence-electron chi connectivity index (χ0n) is 36.5. The average Bonchev–Trinajstić information content (AvgIpc) is 3.05. The van der Waals surface area contributed by atoms with Gasteiger partial charge in [0.15, 0.2) is 5.79 Å². The van der Waals surface area contributed by atoms with Crippen molar-refractivity contribution in [3.63, 3.8) is 0 Å². The maximum Gasteiger partial charge on any atom is 0.330 e. The van der Waals surface area contributed by atoms with E-state index >= 15 is 0 Å². The monoisotopic (exact) mass is 793 g/mol. The Morgan fingerprint density at radius 3 is 1.76 bits per heavy atom. The van der Waals surface area contributed by atoms with Gasteiger partial charge < -0.3 is 27.8 Å². The van der Waals surface area contributed by atoms with Gasteiger partial charge in [-0.15, -0.1) is 6.58 Å². The minimum Gasteiger partial charge on any atom is -0.466 e. The highest BCUT2D eigenvalue weighted by atomic mass is 28.4. The van der Waals surface area contributed by atoms with Crippen molar-refractivity contribution in [3.8, 4) is 0 Å². The van der Waals surface area contributed by atoms with Gasteiger partial charge in [-0.05, 0) is 52.5 Å². The van der Waals surface area contributed by atoms with Gasteiger partial charge in [0, 0.05) is 17.9 Å². The fraction of sp³-hybridized carbons (Fsp3) is 0.791. The van der Waals surface area contributed by atoms with E-state index in [1.165, 1.54) is 13.2 Å². The second-order valence-corrected chi connectivity index (χ2v) is 29.0. The summed E-state index contributed by atoms with van der Waals surface area (Å²) in [6.45, 7) is 38.7. The predicted molar refractivity (Wildman–Crippen MR) is 222 cm³/mol. The highest BCUT2D eigenvalue weighted by Gasteiger charge is 2.56. The summed E-state index contributed by atoms with van der Waals surface area (Å²) in [6, 6.07) is 0. The molecular formula is C43H76O9Si2. The number of hydrogen-bond donors (Lipinski definition) is 0. The molecule has 0 saturated carbocycles. The molecule has 2 saturated heterocycles. The molecule has 0 aromatic rings. The maximum absolute atomic E-state index is 14.2. The maximum atomic E-state index is 14.2. The van der Waals surface area contributed by atoms with Crippen LogP contribution in [0.15, 0.2) is 37.0 Å². The molecule has 1 spiro atoms. The fourth-order valence-electron chi connectivity index (χ4n) is 9.81. The van der Waals surface area contributed by atoms with Crippen molar-refractivity contribution in [2.75, 3.05) is 13.7 Å². The van der Waals surface area contributed by atoms with Crippen LogP contribution >= 0.6 is 0 Å². The van der Waals surface area contributed by atoms with Crippen molar-refractivity contribution in [1.29, 1.82) is 0 Å². The van der Waals surface area contributed by atoms with Crippen LogP contribution in [-0.2, 0) is 42.2 Å². The molecule has 0 aliphatic carbocycles. The van der Waals surface area contributed by atoms with Crippen molar-refractivity contribution in [2.24, 2.45) is 5.41 Å². The van der Waals surface area contributed by atoms with Crippen molar-refractivity contribution >= 4 is 34.4 Å². The van der Waals surface area contributed by atoms with Gasteiger partial charge in [0.05, 0.1) is 44.4 Å². The van der Waals surface area contributed by atoms with Crippen molar-refractivity contribution in [3.05, 3.63) is 37.0 Å². The molecule has 0 amide bonds. The Bertz CT molecular complexity index is 1270. The van der Waals surface area contributed by atoms with E-state index in [9.17, 15) is 14.4 Å². The number of ketones is 1. The van der Waals surface area contributed by atoms with E-state index in [0.717, 1.165) is 5.57 Å². The van der Waals surface area contributed by atoms with E-state index in [1.807, 2.05) is 13.8 Å². The van der Waals surface area contributed by atoms with Crippen LogP contribution in [0, 0.1) is 5.41 Å². The lowest BCUT2D eigenvalue weighted by Gasteiger charge is -2.52. The Morgan fingerprint density at radius 2 is 1.31 bits per heavy atom. The van der Waals surface area contributed by atoms with Crippen LogP contribution in [0.4, 0.5) is 0 Å². The standard InChI is InChI=1S/C43H76O9Si2/c1-18-20-48-41(46)25-37(52-54(31(9)10,32(11)12)33(13)14)23-36(51-53(28(3)4,29(5)6)30(7)8)24-39-42(15,16)38(44)27-43(50-39)26-34(22-40(45)47-17)21-35(19-2)49-43/h18-19,22,28-33,35-37,39H,1-2,20-21,23-27H2,3-17H3/b34-22+/t35-,36+,37+,39-,43+/m0/s1. The van der Waals surface area contributed by atoms with Gasteiger partial charge in [0.2, 0.25) is 16.6 Å². The molecule has 0 N–H and O–H groups in total. The Kier molecular flexibility index (Phi) is 17.9. The molecule has 0 bridgehead atoms.